The van der Waals surface area contributed by atoms with E-state index in [1.165, 1.54) is 32.0 Å². The summed E-state index contributed by atoms with van der Waals surface area (Å²) in [4.78, 5) is 13.1. The average molecular weight is 354 g/mol. The second kappa shape index (κ2) is 7.42. The molecule has 6 nitrogen and oxygen atoms in total. The zero-order valence-corrected chi connectivity index (χ0v) is 14.3. The number of amides is 1. The molecule has 1 amide bonds. The van der Waals surface area contributed by atoms with Crippen molar-refractivity contribution >= 4 is 45.0 Å². The lowest BCUT2D eigenvalue weighted by Crippen LogP contribution is -2.41. The average Bonchev–Trinajstić information content (AvgIpc) is 2.35. The van der Waals surface area contributed by atoms with Crippen LogP contribution in [0.1, 0.15) is 6.92 Å². The van der Waals surface area contributed by atoms with Crippen molar-refractivity contribution in [1.82, 2.24) is 9.03 Å². The van der Waals surface area contributed by atoms with Crippen molar-refractivity contribution in [2.45, 2.75) is 6.92 Å². The molecule has 1 aromatic rings. The molecule has 0 atom stereocenters. The van der Waals surface area contributed by atoms with Gasteiger partial charge in [-0.1, -0.05) is 23.2 Å². The highest BCUT2D eigenvalue weighted by atomic mass is 35.5. The number of hydrogen-bond donors (Lipinski definition) is 1. The number of rotatable bonds is 6. The van der Waals surface area contributed by atoms with E-state index in [2.05, 4.69) is 4.72 Å². The fourth-order valence-electron chi connectivity index (χ4n) is 1.56. The minimum Gasteiger partial charge on any atom is -0.310 e. The Morgan fingerprint density at radius 2 is 1.90 bits per heavy atom. The first-order valence-electron chi connectivity index (χ1n) is 6.05. The van der Waals surface area contributed by atoms with Crippen LogP contribution in [0.3, 0.4) is 0 Å². The van der Waals surface area contributed by atoms with Crippen LogP contribution in [0.2, 0.25) is 10.0 Å². The van der Waals surface area contributed by atoms with Crippen molar-refractivity contribution in [2.24, 2.45) is 0 Å². The molecule has 118 valence electrons. The first-order valence-corrected chi connectivity index (χ1v) is 8.25. The monoisotopic (exact) mass is 353 g/mol. The van der Waals surface area contributed by atoms with E-state index >= 15 is 0 Å². The molecule has 1 aromatic carbocycles. The van der Waals surface area contributed by atoms with Gasteiger partial charge in [-0.25, -0.2) is 4.72 Å². The Hall–Kier alpha value is -0.860. The van der Waals surface area contributed by atoms with Crippen molar-refractivity contribution in [3.8, 4) is 0 Å². The number of hydrogen-bond acceptors (Lipinski definition) is 3. The Bertz CT molecular complexity index is 620. The van der Waals surface area contributed by atoms with E-state index in [0.717, 1.165) is 4.31 Å². The van der Waals surface area contributed by atoms with E-state index in [9.17, 15) is 13.2 Å². The van der Waals surface area contributed by atoms with Crippen LogP contribution >= 0.6 is 23.2 Å². The molecule has 1 rings (SSSR count). The fourth-order valence-corrected chi connectivity index (χ4v) is 2.68. The summed E-state index contributed by atoms with van der Waals surface area (Å²) in [5.41, 5.74) is 0.484. The highest BCUT2D eigenvalue weighted by Crippen LogP contribution is 2.28. The molecule has 0 aliphatic carbocycles. The summed E-state index contributed by atoms with van der Waals surface area (Å²) in [7, 11) is -0.692. The SMILES string of the molecule is CC(=O)N(CCNS(=O)(=O)N(C)C)c1ccc(Cl)cc1Cl. The zero-order valence-electron chi connectivity index (χ0n) is 11.9. The maximum absolute atomic E-state index is 11.7. The van der Waals surface area contributed by atoms with E-state index in [0.29, 0.717) is 15.7 Å². The summed E-state index contributed by atoms with van der Waals surface area (Å²) in [5, 5.41) is 0.786. The second-order valence-electron chi connectivity index (χ2n) is 4.45. The van der Waals surface area contributed by atoms with E-state index in [1.54, 1.807) is 12.1 Å². The molecule has 21 heavy (non-hydrogen) atoms. The molecule has 0 fully saturated rings. The predicted octanol–water partition coefficient (Wildman–Crippen LogP) is 1.74. The molecule has 0 aliphatic heterocycles. The molecule has 0 saturated carbocycles. The molecule has 0 radical (unpaired) electrons. The third kappa shape index (κ3) is 5.12. The number of nitrogens with zero attached hydrogens (tertiary/aromatic N) is 2. The van der Waals surface area contributed by atoms with Gasteiger partial charge in [-0.3, -0.25) is 4.79 Å². The van der Waals surface area contributed by atoms with Crippen LogP contribution in [-0.2, 0) is 15.0 Å². The summed E-state index contributed by atoms with van der Waals surface area (Å²) in [5.74, 6) is -0.247. The predicted molar refractivity (Wildman–Crippen MR) is 85.1 cm³/mol. The molecule has 0 spiro atoms. The van der Waals surface area contributed by atoms with Gasteiger partial charge in [0.1, 0.15) is 0 Å². The summed E-state index contributed by atoms with van der Waals surface area (Å²) >= 11 is 11.9. The molecule has 9 heteroatoms. The number of anilines is 1. The Kier molecular flexibility index (Phi) is 6.42. The van der Waals surface area contributed by atoms with Gasteiger partial charge >= 0.3 is 0 Å². The van der Waals surface area contributed by atoms with Gasteiger partial charge in [0.2, 0.25) is 5.91 Å². The van der Waals surface area contributed by atoms with Gasteiger partial charge in [-0.15, -0.1) is 0 Å². The lowest BCUT2D eigenvalue weighted by atomic mass is 10.2. The molecule has 1 N–H and O–H groups in total. The summed E-state index contributed by atoms with van der Waals surface area (Å²) < 4.78 is 26.6. The fraction of sp³-hybridized carbons (Fsp3) is 0.417. The summed E-state index contributed by atoms with van der Waals surface area (Å²) in [6.07, 6.45) is 0. The Morgan fingerprint density at radius 1 is 1.29 bits per heavy atom. The maximum atomic E-state index is 11.7. The van der Waals surface area contributed by atoms with Crippen LogP contribution in [0.4, 0.5) is 5.69 Å². The largest absolute Gasteiger partial charge is 0.310 e. The van der Waals surface area contributed by atoms with Crippen molar-refractivity contribution in [3.63, 3.8) is 0 Å². The maximum Gasteiger partial charge on any atom is 0.278 e. The third-order valence-electron chi connectivity index (χ3n) is 2.68. The van der Waals surface area contributed by atoms with Gasteiger partial charge < -0.3 is 4.90 Å². The summed E-state index contributed by atoms with van der Waals surface area (Å²) in [6.45, 7) is 1.61. The van der Waals surface area contributed by atoms with E-state index in [1.807, 2.05) is 0 Å². The highest BCUT2D eigenvalue weighted by Gasteiger charge is 2.17. The Morgan fingerprint density at radius 3 is 2.38 bits per heavy atom. The van der Waals surface area contributed by atoms with Crippen LogP contribution in [-0.4, -0.2) is 45.8 Å². The molecule has 0 aliphatic rings. The molecule has 0 heterocycles. The van der Waals surface area contributed by atoms with Gasteiger partial charge in [0.05, 0.1) is 10.7 Å². The Balaban J connectivity index is 2.83. The lowest BCUT2D eigenvalue weighted by Gasteiger charge is -2.23. The Labute approximate surface area is 134 Å². The van der Waals surface area contributed by atoms with Crippen molar-refractivity contribution in [2.75, 3.05) is 32.1 Å². The van der Waals surface area contributed by atoms with Gasteiger partial charge in [0.25, 0.3) is 10.2 Å². The molecule has 0 saturated heterocycles. The normalized spacial score (nSPS) is 11.7. The van der Waals surface area contributed by atoms with Gasteiger partial charge in [0.15, 0.2) is 0 Å². The topological polar surface area (TPSA) is 69.7 Å². The zero-order chi connectivity index (χ0) is 16.2. The third-order valence-corrected chi connectivity index (χ3v) is 4.75. The smallest absolute Gasteiger partial charge is 0.278 e. The standard InChI is InChI=1S/C12H17Cl2N3O3S/c1-9(18)17(7-6-15-21(19,20)16(2)3)12-5-4-10(13)8-11(12)14/h4-5,8,15H,6-7H2,1-3H3. The number of carbonyl (C=O) groups excluding carboxylic acids is 1. The first-order chi connectivity index (χ1) is 9.65. The first kappa shape index (κ1) is 18.2. The van der Waals surface area contributed by atoms with Crippen LogP contribution in [0.5, 0.6) is 0 Å². The van der Waals surface area contributed by atoms with E-state index < -0.39 is 10.2 Å². The van der Waals surface area contributed by atoms with Crippen LogP contribution < -0.4 is 9.62 Å². The number of carbonyl (C=O) groups is 1. The van der Waals surface area contributed by atoms with Crippen molar-refractivity contribution < 1.29 is 13.2 Å². The van der Waals surface area contributed by atoms with Crippen LogP contribution in [0.25, 0.3) is 0 Å². The number of benzene rings is 1. The lowest BCUT2D eigenvalue weighted by molar-refractivity contribution is -0.116. The molecule has 0 bridgehead atoms. The van der Waals surface area contributed by atoms with Crippen molar-refractivity contribution in [1.29, 1.82) is 0 Å². The number of nitrogens with one attached hydrogen (secondary N) is 1. The quantitative estimate of drug-likeness (QED) is 0.846. The molecule has 0 aromatic heterocycles. The molecular weight excluding hydrogens is 337 g/mol. The van der Waals surface area contributed by atoms with E-state index in [-0.39, 0.29) is 19.0 Å². The highest BCUT2D eigenvalue weighted by molar-refractivity contribution is 7.87. The molecular formula is C12H17Cl2N3O3S. The van der Waals surface area contributed by atoms with Gasteiger partial charge in [-0.05, 0) is 18.2 Å². The van der Waals surface area contributed by atoms with Crippen molar-refractivity contribution in [3.05, 3.63) is 28.2 Å². The number of halogens is 2. The van der Waals surface area contributed by atoms with Crippen LogP contribution in [0, 0.1) is 0 Å². The molecule has 0 unspecified atom stereocenters. The van der Waals surface area contributed by atoms with Crippen LogP contribution in [0.15, 0.2) is 18.2 Å². The van der Waals surface area contributed by atoms with Gasteiger partial charge in [0, 0.05) is 39.1 Å². The van der Waals surface area contributed by atoms with Gasteiger partial charge in [-0.2, -0.15) is 12.7 Å². The minimum atomic E-state index is -3.53. The van der Waals surface area contributed by atoms with E-state index in [4.69, 9.17) is 23.2 Å². The second-order valence-corrected chi connectivity index (χ2v) is 7.26. The summed E-state index contributed by atoms with van der Waals surface area (Å²) in [6, 6.07) is 4.76. The minimum absolute atomic E-state index is 0.0685.